The third kappa shape index (κ3) is 4.59. The Bertz CT molecular complexity index is 739. The summed E-state index contributed by atoms with van der Waals surface area (Å²) < 4.78 is 23.8. The van der Waals surface area contributed by atoms with Crippen LogP contribution in [0, 0.1) is 13.8 Å². The first-order valence-electron chi connectivity index (χ1n) is 9.07. The fourth-order valence-corrected chi connectivity index (χ4v) is 6.48. The van der Waals surface area contributed by atoms with Crippen LogP contribution in [0.3, 0.4) is 0 Å². The number of hydrogen-bond acceptors (Lipinski definition) is 4. The molecule has 1 aromatic rings. The molecule has 1 aromatic carbocycles. The lowest BCUT2D eigenvalue weighted by Crippen LogP contribution is -2.47. The lowest BCUT2D eigenvalue weighted by molar-refractivity contribution is -0.132. The molecule has 1 saturated heterocycles. The van der Waals surface area contributed by atoms with E-state index in [2.05, 4.69) is 32.0 Å². The molecule has 2 aliphatic rings. The van der Waals surface area contributed by atoms with Gasteiger partial charge >= 0.3 is 0 Å². The van der Waals surface area contributed by atoms with Gasteiger partial charge in [0.1, 0.15) is 0 Å². The molecule has 0 bridgehead atoms. The van der Waals surface area contributed by atoms with Crippen molar-refractivity contribution < 1.29 is 13.2 Å². The van der Waals surface area contributed by atoms with Crippen LogP contribution in [0.4, 0.5) is 0 Å². The van der Waals surface area contributed by atoms with Crippen molar-refractivity contribution in [1.82, 2.24) is 4.90 Å². The Balaban J connectivity index is 1.69. The van der Waals surface area contributed by atoms with Crippen LogP contribution >= 0.6 is 11.8 Å². The smallest absolute Gasteiger partial charge is 0.233 e. The molecule has 0 aromatic heterocycles. The van der Waals surface area contributed by atoms with E-state index in [1.54, 1.807) is 11.8 Å². The molecule has 4 nitrogen and oxygen atoms in total. The maximum Gasteiger partial charge on any atom is 0.233 e. The number of aryl methyl sites for hydroxylation is 2. The SMILES string of the molecule is Cc1ccc(SCC(=O)N(C2CCCC2)C2CCS(=O)(=O)C2)cc1C. The van der Waals surface area contributed by atoms with E-state index < -0.39 is 9.84 Å². The summed E-state index contributed by atoms with van der Waals surface area (Å²) in [5, 5.41) is 0. The quantitative estimate of drug-likeness (QED) is 0.734. The van der Waals surface area contributed by atoms with E-state index in [0.29, 0.717) is 12.2 Å². The van der Waals surface area contributed by atoms with Crippen LogP contribution in [0.1, 0.15) is 43.2 Å². The molecule has 6 heteroatoms. The fourth-order valence-electron chi connectivity index (χ4n) is 3.91. The van der Waals surface area contributed by atoms with Gasteiger partial charge in [0.25, 0.3) is 0 Å². The molecular formula is C19H27NO3S2. The highest BCUT2D eigenvalue weighted by Crippen LogP contribution is 2.30. The van der Waals surface area contributed by atoms with Crippen LogP contribution in [0.15, 0.2) is 23.1 Å². The van der Waals surface area contributed by atoms with Gasteiger partial charge < -0.3 is 4.90 Å². The van der Waals surface area contributed by atoms with Gasteiger partial charge in [-0.25, -0.2) is 8.42 Å². The fraction of sp³-hybridized carbons (Fsp3) is 0.632. The Kier molecular flexibility index (Phi) is 5.78. The van der Waals surface area contributed by atoms with Gasteiger partial charge in [0, 0.05) is 17.0 Å². The Labute approximate surface area is 155 Å². The van der Waals surface area contributed by atoms with E-state index in [0.717, 1.165) is 30.6 Å². The largest absolute Gasteiger partial charge is 0.335 e. The Morgan fingerprint density at radius 1 is 1.12 bits per heavy atom. The summed E-state index contributed by atoms with van der Waals surface area (Å²) in [5.74, 6) is 0.842. The normalized spacial score (nSPS) is 23.0. The van der Waals surface area contributed by atoms with E-state index in [-0.39, 0.29) is 29.5 Å². The molecule has 0 spiro atoms. The van der Waals surface area contributed by atoms with Crippen molar-refractivity contribution in [3.05, 3.63) is 29.3 Å². The number of hydrogen-bond donors (Lipinski definition) is 0. The van der Waals surface area contributed by atoms with Gasteiger partial charge in [0.2, 0.25) is 5.91 Å². The maximum atomic E-state index is 13.0. The average molecular weight is 382 g/mol. The molecule has 1 amide bonds. The van der Waals surface area contributed by atoms with E-state index in [4.69, 9.17) is 0 Å². The molecule has 25 heavy (non-hydrogen) atoms. The third-order valence-electron chi connectivity index (χ3n) is 5.45. The van der Waals surface area contributed by atoms with Gasteiger partial charge in [-0.15, -0.1) is 11.8 Å². The highest BCUT2D eigenvalue weighted by atomic mass is 32.2. The number of thioether (sulfide) groups is 1. The van der Waals surface area contributed by atoms with E-state index in [1.807, 2.05) is 4.90 Å². The van der Waals surface area contributed by atoms with Crippen molar-refractivity contribution in [3.63, 3.8) is 0 Å². The second-order valence-corrected chi connectivity index (χ2v) is 10.6. The van der Waals surface area contributed by atoms with Crippen molar-refractivity contribution >= 4 is 27.5 Å². The summed E-state index contributed by atoms with van der Waals surface area (Å²) in [7, 11) is -2.98. The standard InChI is InChI=1S/C19H27NO3S2/c1-14-7-8-18(11-15(14)2)24-12-19(21)20(16-5-3-4-6-16)17-9-10-25(22,23)13-17/h7-8,11,16-17H,3-6,9-10,12-13H2,1-2H3. The minimum atomic E-state index is -2.98. The lowest BCUT2D eigenvalue weighted by atomic mass is 10.1. The van der Waals surface area contributed by atoms with Crippen molar-refractivity contribution in [2.75, 3.05) is 17.3 Å². The minimum absolute atomic E-state index is 0.0947. The first-order chi connectivity index (χ1) is 11.9. The van der Waals surface area contributed by atoms with Crippen molar-refractivity contribution in [2.24, 2.45) is 0 Å². The Hall–Kier alpha value is -1.01. The molecule has 1 atom stereocenters. The zero-order valence-electron chi connectivity index (χ0n) is 15.0. The monoisotopic (exact) mass is 381 g/mol. The first kappa shape index (κ1) is 18.8. The van der Waals surface area contributed by atoms with Crippen LogP contribution in [0.5, 0.6) is 0 Å². The van der Waals surface area contributed by atoms with Gasteiger partial charge in [-0.05, 0) is 56.4 Å². The van der Waals surface area contributed by atoms with Crippen molar-refractivity contribution in [3.8, 4) is 0 Å². The second kappa shape index (κ2) is 7.70. The summed E-state index contributed by atoms with van der Waals surface area (Å²) in [6.07, 6.45) is 4.89. The molecule has 1 aliphatic heterocycles. The molecule has 1 unspecified atom stereocenters. The van der Waals surface area contributed by atoms with Gasteiger partial charge in [-0.1, -0.05) is 18.9 Å². The molecule has 1 heterocycles. The Morgan fingerprint density at radius 2 is 1.84 bits per heavy atom. The first-order valence-corrected chi connectivity index (χ1v) is 11.9. The second-order valence-electron chi connectivity index (χ2n) is 7.33. The van der Waals surface area contributed by atoms with Crippen LogP contribution < -0.4 is 0 Å². The number of carbonyl (C=O) groups excluding carboxylic acids is 1. The van der Waals surface area contributed by atoms with Crippen LogP contribution in [-0.2, 0) is 14.6 Å². The molecular weight excluding hydrogens is 354 g/mol. The molecule has 1 aliphatic carbocycles. The van der Waals surface area contributed by atoms with Gasteiger partial charge in [-0.3, -0.25) is 4.79 Å². The van der Waals surface area contributed by atoms with Crippen LogP contribution in [0.2, 0.25) is 0 Å². The average Bonchev–Trinajstić information content (AvgIpc) is 3.19. The summed E-state index contributed by atoms with van der Waals surface area (Å²) in [5.41, 5.74) is 2.48. The zero-order chi connectivity index (χ0) is 18.0. The van der Waals surface area contributed by atoms with Crippen molar-refractivity contribution in [2.45, 2.75) is 62.9 Å². The van der Waals surface area contributed by atoms with Crippen LogP contribution in [0.25, 0.3) is 0 Å². The van der Waals surface area contributed by atoms with E-state index in [1.165, 1.54) is 11.1 Å². The number of carbonyl (C=O) groups is 1. The lowest BCUT2D eigenvalue weighted by Gasteiger charge is -2.34. The minimum Gasteiger partial charge on any atom is -0.335 e. The number of rotatable bonds is 5. The Morgan fingerprint density at radius 3 is 2.44 bits per heavy atom. The van der Waals surface area contributed by atoms with Crippen molar-refractivity contribution in [1.29, 1.82) is 0 Å². The number of amides is 1. The number of nitrogens with zero attached hydrogens (tertiary/aromatic N) is 1. The predicted octanol–water partition coefficient (Wildman–Crippen LogP) is 3.35. The summed E-state index contributed by atoms with van der Waals surface area (Å²) in [6.45, 7) is 4.16. The molecule has 1 saturated carbocycles. The molecule has 2 fully saturated rings. The van der Waals surface area contributed by atoms with E-state index in [9.17, 15) is 13.2 Å². The van der Waals surface area contributed by atoms with E-state index >= 15 is 0 Å². The topological polar surface area (TPSA) is 54.5 Å². The summed E-state index contributed by atoms with van der Waals surface area (Å²) in [6, 6.07) is 6.36. The maximum absolute atomic E-state index is 13.0. The van der Waals surface area contributed by atoms with Crippen LogP contribution in [-0.4, -0.2) is 48.6 Å². The highest BCUT2D eigenvalue weighted by Gasteiger charge is 2.38. The van der Waals surface area contributed by atoms with Gasteiger partial charge in [0.05, 0.1) is 17.3 Å². The number of benzene rings is 1. The predicted molar refractivity (Wildman–Crippen MR) is 103 cm³/mol. The molecule has 3 rings (SSSR count). The number of sulfone groups is 1. The zero-order valence-corrected chi connectivity index (χ0v) is 16.7. The third-order valence-corrected chi connectivity index (χ3v) is 8.18. The summed E-state index contributed by atoms with van der Waals surface area (Å²) in [4.78, 5) is 16.0. The molecule has 0 N–H and O–H groups in total. The molecule has 0 radical (unpaired) electrons. The van der Waals surface area contributed by atoms with Gasteiger partial charge in [-0.2, -0.15) is 0 Å². The van der Waals surface area contributed by atoms with Gasteiger partial charge in [0.15, 0.2) is 9.84 Å². The highest BCUT2D eigenvalue weighted by molar-refractivity contribution is 8.00. The summed E-state index contributed by atoms with van der Waals surface area (Å²) >= 11 is 1.56. The molecule has 138 valence electrons.